The van der Waals surface area contributed by atoms with Crippen LogP contribution in [0.3, 0.4) is 0 Å². The molecule has 2 rings (SSSR count). The predicted molar refractivity (Wildman–Crippen MR) is 83.3 cm³/mol. The molecule has 0 fully saturated rings. The van der Waals surface area contributed by atoms with Gasteiger partial charge >= 0.3 is 0 Å². The van der Waals surface area contributed by atoms with E-state index in [0.29, 0.717) is 22.1 Å². The molecule has 0 atom stereocenters. The topological polar surface area (TPSA) is 80.0 Å². The summed E-state index contributed by atoms with van der Waals surface area (Å²) in [6.45, 7) is 2.85. The summed E-state index contributed by atoms with van der Waals surface area (Å²) in [7, 11) is 0. The van der Waals surface area contributed by atoms with Gasteiger partial charge in [0.25, 0.3) is 5.91 Å². The van der Waals surface area contributed by atoms with Gasteiger partial charge in [0.1, 0.15) is 16.5 Å². The molecule has 0 saturated heterocycles. The van der Waals surface area contributed by atoms with E-state index in [2.05, 4.69) is 15.6 Å². The first-order chi connectivity index (χ1) is 10.0. The van der Waals surface area contributed by atoms with Crippen molar-refractivity contribution in [1.29, 1.82) is 0 Å². The van der Waals surface area contributed by atoms with Crippen molar-refractivity contribution in [2.45, 2.75) is 13.5 Å². The fraction of sp³-hybridized carbons (Fsp3) is 0.231. The van der Waals surface area contributed by atoms with E-state index < -0.39 is 5.82 Å². The molecule has 5 nitrogen and oxygen atoms in total. The maximum atomic E-state index is 13.0. The quantitative estimate of drug-likeness (QED) is 0.788. The molecule has 8 heteroatoms. The highest BCUT2D eigenvalue weighted by Gasteiger charge is 2.15. The molecule has 4 N–H and O–H groups in total. The van der Waals surface area contributed by atoms with E-state index in [1.165, 1.54) is 23.5 Å². The number of nitrogens with two attached hydrogens (primary N) is 1. The molecule has 0 saturated carbocycles. The van der Waals surface area contributed by atoms with E-state index in [1.807, 2.05) is 6.92 Å². The highest BCUT2D eigenvalue weighted by Crippen LogP contribution is 2.24. The minimum atomic E-state index is -0.492. The maximum absolute atomic E-state index is 13.0. The average Bonchev–Trinajstić information content (AvgIpc) is 2.81. The van der Waals surface area contributed by atoms with Gasteiger partial charge in [-0.2, -0.15) is 0 Å². The van der Waals surface area contributed by atoms with E-state index in [1.54, 1.807) is 6.07 Å². The van der Waals surface area contributed by atoms with Crippen LogP contribution in [0.15, 0.2) is 18.2 Å². The van der Waals surface area contributed by atoms with E-state index in [9.17, 15) is 9.18 Å². The number of amides is 1. The van der Waals surface area contributed by atoms with Gasteiger partial charge in [0.15, 0.2) is 5.13 Å². The van der Waals surface area contributed by atoms with Crippen LogP contribution in [0.2, 0.25) is 5.02 Å². The Morgan fingerprint density at radius 2 is 2.29 bits per heavy atom. The van der Waals surface area contributed by atoms with Gasteiger partial charge in [-0.25, -0.2) is 9.37 Å². The smallest absolute Gasteiger partial charge is 0.265 e. The van der Waals surface area contributed by atoms with E-state index in [4.69, 9.17) is 17.3 Å². The molecule has 0 spiro atoms. The Bertz CT molecular complexity index is 662. The van der Waals surface area contributed by atoms with Crippen LogP contribution < -0.4 is 16.4 Å². The second-order valence-corrected chi connectivity index (χ2v) is 5.60. The van der Waals surface area contributed by atoms with Gasteiger partial charge < -0.3 is 16.4 Å². The standard InChI is InChI=1S/C13H14ClFN4OS/c1-2-17-13-19-11(16)10(21-13)12(20)18-6-7-3-4-9(15)8(14)5-7/h3-5H,2,6,16H2,1H3,(H,17,19)(H,18,20). The molecular weight excluding hydrogens is 315 g/mol. The van der Waals surface area contributed by atoms with Crippen molar-refractivity contribution in [2.24, 2.45) is 0 Å². The van der Waals surface area contributed by atoms with Gasteiger partial charge in [0.2, 0.25) is 0 Å². The molecular formula is C13H14ClFN4OS. The van der Waals surface area contributed by atoms with Gasteiger partial charge in [0.05, 0.1) is 5.02 Å². The third-order valence-corrected chi connectivity index (χ3v) is 3.94. The van der Waals surface area contributed by atoms with Crippen molar-refractivity contribution in [3.05, 3.63) is 39.5 Å². The first kappa shape index (κ1) is 15.5. The minimum Gasteiger partial charge on any atom is -0.382 e. The summed E-state index contributed by atoms with van der Waals surface area (Å²) >= 11 is 6.87. The average molecular weight is 329 g/mol. The first-order valence-corrected chi connectivity index (χ1v) is 7.43. The molecule has 1 heterocycles. The Labute approximate surface area is 130 Å². The second kappa shape index (κ2) is 6.73. The lowest BCUT2D eigenvalue weighted by molar-refractivity contribution is 0.0955. The summed E-state index contributed by atoms with van der Waals surface area (Å²) in [6.07, 6.45) is 0. The number of halogens is 2. The summed E-state index contributed by atoms with van der Waals surface area (Å²) < 4.78 is 13.0. The number of nitrogens with zero attached hydrogens (tertiary/aromatic N) is 1. The lowest BCUT2D eigenvalue weighted by atomic mass is 10.2. The van der Waals surface area contributed by atoms with Gasteiger partial charge in [-0.3, -0.25) is 4.79 Å². The van der Waals surface area contributed by atoms with Crippen LogP contribution in [0, 0.1) is 5.82 Å². The van der Waals surface area contributed by atoms with Crippen molar-refractivity contribution in [3.63, 3.8) is 0 Å². The number of hydrogen-bond acceptors (Lipinski definition) is 5. The van der Waals surface area contributed by atoms with Crippen LogP contribution in [-0.2, 0) is 6.54 Å². The molecule has 112 valence electrons. The highest BCUT2D eigenvalue weighted by atomic mass is 35.5. The molecule has 1 aromatic carbocycles. The molecule has 2 aromatic rings. The predicted octanol–water partition coefficient (Wildman–Crippen LogP) is 2.88. The van der Waals surface area contributed by atoms with Crippen molar-refractivity contribution in [1.82, 2.24) is 10.3 Å². The van der Waals surface area contributed by atoms with Crippen molar-refractivity contribution in [2.75, 3.05) is 17.6 Å². The zero-order valence-corrected chi connectivity index (χ0v) is 12.8. The third-order valence-electron chi connectivity index (χ3n) is 2.62. The lowest BCUT2D eigenvalue weighted by Gasteiger charge is -2.05. The fourth-order valence-corrected chi connectivity index (χ4v) is 2.71. The van der Waals surface area contributed by atoms with E-state index in [-0.39, 0.29) is 23.3 Å². The monoisotopic (exact) mass is 328 g/mol. The molecule has 1 amide bonds. The summed E-state index contributed by atoms with van der Waals surface area (Å²) in [5, 5.41) is 6.32. The van der Waals surface area contributed by atoms with Crippen LogP contribution in [0.1, 0.15) is 22.2 Å². The number of aromatic nitrogens is 1. The maximum Gasteiger partial charge on any atom is 0.265 e. The Balaban J connectivity index is 2.02. The summed E-state index contributed by atoms with van der Waals surface area (Å²) in [5.74, 6) is -0.631. The van der Waals surface area contributed by atoms with Crippen LogP contribution in [0.25, 0.3) is 0 Å². The highest BCUT2D eigenvalue weighted by molar-refractivity contribution is 7.18. The number of carbonyl (C=O) groups is 1. The van der Waals surface area contributed by atoms with Crippen LogP contribution in [-0.4, -0.2) is 17.4 Å². The second-order valence-electron chi connectivity index (χ2n) is 4.19. The molecule has 21 heavy (non-hydrogen) atoms. The third kappa shape index (κ3) is 3.83. The molecule has 0 aliphatic carbocycles. The van der Waals surface area contributed by atoms with Crippen molar-refractivity contribution >= 4 is 39.8 Å². The number of benzene rings is 1. The van der Waals surface area contributed by atoms with Crippen LogP contribution in [0.5, 0.6) is 0 Å². The Morgan fingerprint density at radius 3 is 2.95 bits per heavy atom. The number of nitrogens with one attached hydrogen (secondary N) is 2. The Kier molecular flexibility index (Phi) is 4.98. The van der Waals surface area contributed by atoms with Gasteiger partial charge in [0, 0.05) is 13.1 Å². The Hall–Kier alpha value is -1.86. The molecule has 1 aromatic heterocycles. The van der Waals surface area contributed by atoms with Crippen LogP contribution >= 0.6 is 22.9 Å². The fourth-order valence-electron chi connectivity index (χ4n) is 1.63. The minimum absolute atomic E-state index is 0.0217. The van der Waals surface area contributed by atoms with E-state index >= 15 is 0 Å². The van der Waals surface area contributed by atoms with Crippen molar-refractivity contribution in [3.8, 4) is 0 Å². The molecule has 0 aliphatic heterocycles. The number of thiazole rings is 1. The molecule has 0 aliphatic rings. The Morgan fingerprint density at radius 1 is 1.52 bits per heavy atom. The summed E-state index contributed by atoms with van der Waals surface area (Å²) in [5.41, 5.74) is 6.41. The molecule has 0 radical (unpaired) electrons. The summed E-state index contributed by atoms with van der Waals surface area (Å²) in [6, 6.07) is 4.28. The summed E-state index contributed by atoms with van der Waals surface area (Å²) in [4.78, 5) is 16.5. The largest absolute Gasteiger partial charge is 0.382 e. The molecule has 0 unspecified atom stereocenters. The van der Waals surface area contributed by atoms with Crippen molar-refractivity contribution < 1.29 is 9.18 Å². The number of anilines is 2. The van der Waals surface area contributed by atoms with Gasteiger partial charge in [-0.05, 0) is 24.6 Å². The first-order valence-electron chi connectivity index (χ1n) is 6.23. The zero-order valence-electron chi connectivity index (χ0n) is 11.2. The number of carbonyl (C=O) groups excluding carboxylic acids is 1. The van der Waals surface area contributed by atoms with E-state index in [0.717, 1.165) is 0 Å². The number of nitrogen functional groups attached to an aromatic ring is 1. The number of hydrogen-bond donors (Lipinski definition) is 3. The normalized spacial score (nSPS) is 10.4. The van der Waals surface area contributed by atoms with Gasteiger partial charge in [-0.15, -0.1) is 0 Å². The van der Waals surface area contributed by atoms with Crippen LogP contribution in [0.4, 0.5) is 15.3 Å². The zero-order chi connectivity index (χ0) is 15.4. The lowest BCUT2D eigenvalue weighted by Crippen LogP contribution is -2.22. The van der Waals surface area contributed by atoms with Gasteiger partial charge in [-0.1, -0.05) is 29.0 Å². The number of rotatable bonds is 5. The molecule has 0 bridgehead atoms. The SMILES string of the molecule is CCNc1nc(N)c(C(=O)NCc2ccc(F)c(Cl)c2)s1.